The Balaban J connectivity index is 2.55. The molecule has 25 heavy (non-hydrogen) atoms. The Morgan fingerprint density at radius 3 is 1.96 bits per heavy atom. The number of H-pyrrole nitrogens is 1. The lowest BCUT2D eigenvalue weighted by molar-refractivity contribution is -0.138. The quantitative estimate of drug-likeness (QED) is 0.500. The van der Waals surface area contributed by atoms with Gasteiger partial charge in [-0.05, 0) is 18.1 Å². The number of halogens is 8. The van der Waals surface area contributed by atoms with Gasteiger partial charge in [-0.25, -0.2) is 0 Å². The van der Waals surface area contributed by atoms with E-state index in [1.807, 2.05) is 11.0 Å². The Morgan fingerprint density at radius 1 is 0.960 bits per heavy atom. The molecule has 0 amide bonds. The molecule has 1 aromatic heterocycles. The summed E-state index contributed by atoms with van der Waals surface area (Å²) in [6.45, 7) is 0. The summed E-state index contributed by atoms with van der Waals surface area (Å²) in [7, 11) is 0. The lowest BCUT2D eigenvalue weighted by Gasteiger charge is -2.09. The number of rotatable bonds is 0. The van der Waals surface area contributed by atoms with Crippen molar-refractivity contribution in [3.63, 3.8) is 0 Å². The molecule has 1 N–H and O–H groups in total. The van der Waals surface area contributed by atoms with E-state index in [2.05, 4.69) is 11.0 Å². The predicted molar refractivity (Wildman–Crippen MR) is 75.7 cm³/mol. The minimum Gasteiger partial charge on any atom is -0.268 e. The van der Waals surface area contributed by atoms with Gasteiger partial charge >= 0.3 is 12.4 Å². The molecule has 2 aromatic rings. The normalized spacial score (nSPS) is 11.6. The third-order valence-corrected chi connectivity index (χ3v) is 3.43. The molecule has 1 heterocycles. The van der Waals surface area contributed by atoms with E-state index in [0.717, 1.165) is 0 Å². The molecule has 3 nitrogen and oxygen atoms in total. The van der Waals surface area contributed by atoms with Gasteiger partial charge in [0.1, 0.15) is 17.3 Å². The van der Waals surface area contributed by atoms with Gasteiger partial charge in [-0.2, -0.15) is 36.7 Å². The maximum Gasteiger partial charge on any atom is 0.421 e. The van der Waals surface area contributed by atoms with Crippen molar-refractivity contribution in [3.8, 4) is 17.9 Å². The molecule has 0 fully saturated rings. The molecule has 0 saturated carbocycles. The molecule has 11 heteroatoms. The summed E-state index contributed by atoms with van der Waals surface area (Å²) in [4.78, 5) is 0. The van der Waals surface area contributed by atoms with Crippen LogP contribution in [-0.4, -0.2) is 10.2 Å². The van der Waals surface area contributed by atoms with Gasteiger partial charge < -0.3 is 0 Å². The molecule has 2 rings (SSSR count). The van der Waals surface area contributed by atoms with Crippen molar-refractivity contribution < 1.29 is 26.3 Å². The zero-order valence-electron chi connectivity index (χ0n) is 11.6. The second kappa shape index (κ2) is 6.51. The lowest BCUT2D eigenvalue weighted by Crippen LogP contribution is -2.08. The van der Waals surface area contributed by atoms with Crippen LogP contribution >= 0.6 is 23.2 Å². The number of nitrogens with zero attached hydrogens (tertiary/aromatic N) is 2. The smallest absolute Gasteiger partial charge is 0.268 e. The minimum absolute atomic E-state index is 0.294. The van der Waals surface area contributed by atoms with Crippen molar-refractivity contribution >= 4 is 23.2 Å². The fraction of sp³-hybridized carbons (Fsp3) is 0.143. The summed E-state index contributed by atoms with van der Waals surface area (Å²) in [5.41, 5.74) is -4.46. The minimum atomic E-state index is -4.91. The highest BCUT2D eigenvalue weighted by Crippen LogP contribution is 2.36. The van der Waals surface area contributed by atoms with Gasteiger partial charge in [0.2, 0.25) is 0 Å². The summed E-state index contributed by atoms with van der Waals surface area (Å²) in [6.07, 6.45) is -9.61. The first kappa shape index (κ1) is 19.0. The van der Waals surface area contributed by atoms with Crippen LogP contribution in [-0.2, 0) is 12.4 Å². The first-order valence-corrected chi connectivity index (χ1v) is 6.84. The zero-order valence-corrected chi connectivity index (χ0v) is 13.1. The number of hydrogen-bond acceptors (Lipinski definition) is 2. The van der Waals surface area contributed by atoms with Crippen molar-refractivity contribution in [3.05, 3.63) is 50.3 Å². The van der Waals surface area contributed by atoms with Gasteiger partial charge in [-0.15, -0.1) is 0 Å². The number of hydrogen-bond donors (Lipinski definition) is 1. The Bertz CT molecular complexity index is 902. The monoisotopic (exact) mass is 397 g/mol. The largest absolute Gasteiger partial charge is 0.421 e. The highest BCUT2D eigenvalue weighted by Gasteiger charge is 2.38. The fourth-order valence-electron chi connectivity index (χ4n) is 1.77. The summed E-state index contributed by atoms with van der Waals surface area (Å²) >= 11 is 11.4. The number of benzene rings is 1. The molecular weight excluding hydrogens is 395 g/mol. The third-order valence-electron chi connectivity index (χ3n) is 2.84. The molecule has 0 bridgehead atoms. The van der Waals surface area contributed by atoms with Crippen molar-refractivity contribution in [1.82, 2.24) is 10.2 Å². The second-order valence-corrected chi connectivity index (χ2v) is 5.31. The van der Waals surface area contributed by atoms with E-state index < -0.39 is 44.9 Å². The Morgan fingerprint density at radius 2 is 1.52 bits per heavy atom. The average molecular weight is 398 g/mol. The molecule has 0 atom stereocenters. The van der Waals surface area contributed by atoms with Crippen LogP contribution in [0.5, 0.6) is 0 Å². The van der Waals surface area contributed by atoms with Crippen LogP contribution < -0.4 is 0 Å². The number of alkyl halides is 6. The topological polar surface area (TPSA) is 52.5 Å². The van der Waals surface area contributed by atoms with Gasteiger partial charge in [0, 0.05) is 0 Å². The molecule has 0 aliphatic rings. The summed E-state index contributed by atoms with van der Waals surface area (Å²) in [5, 5.41) is 12.8. The number of aromatic nitrogens is 2. The molecule has 0 aliphatic heterocycles. The lowest BCUT2D eigenvalue weighted by atomic mass is 10.1. The predicted octanol–water partition coefficient (Wildman–Crippen LogP) is 5.03. The van der Waals surface area contributed by atoms with Crippen molar-refractivity contribution in [1.29, 1.82) is 5.26 Å². The van der Waals surface area contributed by atoms with E-state index in [4.69, 9.17) is 28.5 Å². The standard InChI is InChI=1S/C14H3Cl2F6N3/c15-8-3-6(13(17,18)19)4-9(16)7(8)1-2-10-12(14(20,21)22)11(5-23)25-24-10/h3-4H,(H,24,25). The van der Waals surface area contributed by atoms with Gasteiger partial charge in [0.25, 0.3) is 0 Å². The Labute approximate surface area is 146 Å². The number of nitrogens with one attached hydrogen (secondary N) is 1. The molecule has 0 unspecified atom stereocenters. The maximum absolute atomic E-state index is 12.9. The van der Waals surface area contributed by atoms with E-state index >= 15 is 0 Å². The van der Waals surface area contributed by atoms with Crippen molar-refractivity contribution in [2.45, 2.75) is 12.4 Å². The van der Waals surface area contributed by atoms with Gasteiger partial charge in [0.05, 0.1) is 21.2 Å². The van der Waals surface area contributed by atoms with Crippen molar-refractivity contribution in [2.24, 2.45) is 0 Å². The molecule has 130 valence electrons. The van der Waals surface area contributed by atoms with Crippen LogP contribution in [0.1, 0.15) is 28.1 Å². The van der Waals surface area contributed by atoms with E-state index in [1.165, 1.54) is 6.07 Å². The summed E-state index contributed by atoms with van der Waals surface area (Å²) in [5.74, 6) is 4.21. The summed E-state index contributed by atoms with van der Waals surface area (Å²) < 4.78 is 76.7. The molecule has 0 spiro atoms. The van der Waals surface area contributed by atoms with Gasteiger partial charge in [-0.1, -0.05) is 29.1 Å². The van der Waals surface area contributed by atoms with E-state index in [9.17, 15) is 26.3 Å². The van der Waals surface area contributed by atoms with Crippen LogP contribution in [0.4, 0.5) is 26.3 Å². The SMILES string of the molecule is N#Cc1n[nH]c(C#Cc2c(Cl)cc(C(F)(F)F)cc2Cl)c1C(F)(F)F. The second-order valence-electron chi connectivity index (χ2n) is 4.49. The fourth-order valence-corrected chi connectivity index (χ4v) is 2.35. The van der Waals surface area contributed by atoms with Crippen LogP contribution in [0.3, 0.4) is 0 Å². The van der Waals surface area contributed by atoms with E-state index in [0.29, 0.717) is 12.1 Å². The molecule has 0 saturated heterocycles. The van der Waals surface area contributed by atoms with Gasteiger partial charge in [-0.3, -0.25) is 5.10 Å². The number of nitriles is 1. The molecular formula is C14H3Cl2F6N3. The summed E-state index contributed by atoms with van der Waals surface area (Å²) in [6, 6.07) is 2.36. The van der Waals surface area contributed by atoms with Crippen LogP contribution in [0.2, 0.25) is 10.0 Å². The molecule has 1 aromatic carbocycles. The number of aromatic amines is 1. The van der Waals surface area contributed by atoms with Crippen LogP contribution in [0.25, 0.3) is 0 Å². The Kier molecular flexibility index (Phi) is 4.94. The Hall–Kier alpha value is -2.36. The van der Waals surface area contributed by atoms with Crippen molar-refractivity contribution in [2.75, 3.05) is 0 Å². The van der Waals surface area contributed by atoms with E-state index in [-0.39, 0.29) is 5.56 Å². The molecule has 0 radical (unpaired) electrons. The van der Waals surface area contributed by atoms with Crippen LogP contribution in [0, 0.1) is 23.2 Å². The highest BCUT2D eigenvalue weighted by molar-refractivity contribution is 6.36. The zero-order chi connectivity index (χ0) is 19.0. The maximum atomic E-state index is 12.9. The highest BCUT2D eigenvalue weighted by atomic mass is 35.5. The van der Waals surface area contributed by atoms with Crippen LogP contribution in [0.15, 0.2) is 12.1 Å². The van der Waals surface area contributed by atoms with E-state index in [1.54, 1.807) is 0 Å². The molecule has 0 aliphatic carbocycles. The first-order valence-electron chi connectivity index (χ1n) is 6.09. The average Bonchev–Trinajstić information content (AvgIpc) is 2.88. The first-order chi connectivity index (χ1) is 11.4. The third kappa shape index (κ3) is 4.01. The van der Waals surface area contributed by atoms with Gasteiger partial charge in [0.15, 0.2) is 5.69 Å².